The van der Waals surface area contributed by atoms with Crippen LogP contribution in [0.3, 0.4) is 0 Å². The van der Waals surface area contributed by atoms with Gasteiger partial charge in [0.1, 0.15) is 18.3 Å². The van der Waals surface area contributed by atoms with Crippen molar-refractivity contribution in [1.82, 2.24) is 0 Å². The molecule has 1 aliphatic rings. The maximum Gasteiger partial charge on any atom is 0.338 e. The van der Waals surface area contributed by atoms with E-state index in [2.05, 4.69) is 4.74 Å². The van der Waals surface area contributed by atoms with Crippen molar-refractivity contribution in [2.45, 2.75) is 30.5 Å². The lowest BCUT2D eigenvalue weighted by molar-refractivity contribution is -0.155. The Kier molecular flexibility index (Phi) is 3.40. The third-order valence-corrected chi connectivity index (χ3v) is 2.07. The van der Waals surface area contributed by atoms with Crippen LogP contribution in [-0.4, -0.2) is 68.6 Å². The second-order valence-electron chi connectivity index (χ2n) is 3.08. The van der Waals surface area contributed by atoms with Crippen LogP contribution in [0.25, 0.3) is 0 Å². The second-order valence-corrected chi connectivity index (χ2v) is 3.08. The van der Waals surface area contributed by atoms with E-state index in [0.29, 0.717) is 0 Å². The largest absolute Gasteiger partial charge is 0.455 e. The smallest absolute Gasteiger partial charge is 0.338 e. The molecule has 0 aliphatic carbocycles. The predicted molar refractivity (Wildman–Crippen MR) is 41.0 cm³/mol. The molecule has 2 unspecified atom stereocenters. The Hall–Kier alpha value is -0.730. The summed E-state index contributed by atoms with van der Waals surface area (Å²) in [6.07, 6.45) is -7.90. The van der Waals surface area contributed by atoms with Gasteiger partial charge in [-0.15, -0.1) is 0 Å². The minimum atomic E-state index is -1.72. The molecule has 0 aromatic heterocycles. The molecule has 0 aromatic rings. The highest BCUT2D eigenvalue weighted by Gasteiger charge is 2.47. The molecule has 1 saturated heterocycles. The fourth-order valence-corrected chi connectivity index (χ4v) is 1.19. The SMILES string of the molecule is O=C1OC([C@H](O)[C@H](O)CO)[C@@H](O)C1O. The minimum absolute atomic E-state index is 0.738. The van der Waals surface area contributed by atoms with Gasteiger partial charge < -0.3 is 30.3 Å². The zero-order valence-corrected chi connectivity index (χ0v) is 7.15. The number of hydrogen-bond acceptors (Lipinski definition) is 7. The lowest BCUT2D eigenvalue weighted by Gasteiger charge is -2.23. The van der Waals surface area contributed by atoms with Gasteiger partial charge in [-0.25, -0.2) is 4.79 Å². The van der Waals surface area contributed by atoms with E-state index >= 15 is 0 Å². The van der Waals surface area contributed by atoms with Crippen molar-refractivity contribution >= 4 is 5.97 Å². The third kappa shape index (κ3) is 1.86. The maximum atomic E-state index is 10.7. The number of aliphatic hydroxyl groups excluding tert-OH is 5. The average Bonchev–Trinajstić information content (AvgIpc) is 2.43. The van der Waals surface area contributed by atoms with Crippen molar-refractivity contribution < 1.29 is 35.1 Å². The van der Waals surface area contributed by atoms with E-state index in [4.69, 9.17) is 15.3 Å². The van der Waals surface area contributed by atoms with Gasteiger partial charge in [0, 0.05) is 0 Å². The fourth-order valence-electron chi connectivity index (χ4n) is 1.19. The highest BCUT2D eigenvalue weighted by molar-refractivity contribution is 5.77. The number of aliphatic hydroxyl groups is 5. The van der Waals surface area contributed by atoms with E-state index in [1.807, 2.05) is 0 Å². The standard InChI is InChI=1S/C7H12O7/c8-1-2(9)3(10)6-4(11)5(12)7(13)14-6/h2-6,8-12H,1H2/t2-,3-,4+,5?,6?/m1/s1. The Morgan fingerprint density at radius 3 is 2.29 bits per heavy atom. The van der Waals surface area contributed by atoms with E-state index in [1.165, 1.54) is 0 Å². The van der Waals surface area contributed by atoms with Crippen molar-refractivity contribution in [3.63, 3.8) is 0 Å². The lowest BCUT2D eigenvalue weighted by Crippen LogP contribution is -2.46. The molecule has 0 radical (unpaired) electrons. The summed E-state index contributed by atoms with van der Waals surface area (Å²) >= 11 is 0. The molecular formula is C7H12O7. The van der Waals surface area contributed by atoms with Gasteiger partial charge in [0.2, 0.25) is 0 Å². The summed E-state index contributed by atoms with van der Waals surface area (Å²) in [5, 5.41) is 44.9. The molecule has 5 atom stereocenters. The fraction of sp³-hybridized carbons (Fsp3) is 0.857. The number of carbonyl (C=O) groups is 1. The summed E-state index contributed by atoms with van der Waals surface area (Å²) < 4.78 is 4.41. The van der Waals surface area contributed by atoms with Gasteiger partial charge in [0.05, 0.1) is 6.61 Å². The van der Waals surface area contributed by atoms with Crippen molar-refractivity contribution in [2.24, 2.45) is 0 Å². The topological polar surface area (TPSA) is 127 Å². The van der Waals surface area contributed by atoms with Crippen LogP contribution in [0, 0.1) is 0 Å². The Bertz CT molecular complexity index is 218. The van der Waals surface area contributed by atoms with Crippen LogP contribution < -0.4 is 0 Å². The molecule has 0 saturated carbocycles. The predicted octanol–water partition coefficient (Wildman–Crippen LogP) is -3.65. The number of carbonyl (C=O) groups excluding carboxylic acids is 1. The lowest BCUT2D eigenvalue weighted by atomic mass is 10.0. The Labute approximate surface area is 79.2 Å². The molecule has 82 valence electrons. The molecule has 7 heteroatoms. The Morgan fingerprint density at radius 2 is 1.93 bits per heavy atom. The van der Waals surface area contributed by atoms with Gasteiger partial charge >= 0.3 is 5.97 Å². The highest BCUT2D eigenvalue weighted by atomic mass is 16.6. The van der Waals surface area contributed by atoms with E-state index in [0.717, 1.165) is 0 Å². The van der Waals surface area contributed by atoms with Crippen LogP contribution in [-0.2, 0) is 9.53 Å². The first-order chi connectivity index (χ1) is 6.49. The van der Waals surface area contributed by atoms with Gasteiger partial charge in [-0.3, -0.25) is 0 Å². The van der Waals surface area contributed by atoms with Gasteiger partial charge in [-0.05, 0) is 0 Å². The molecule has 1 heterocycles. The zero-order chi connectivity index (χ0) is 10.9. The van der Waals surface area contributed by atoms with E-state index in [9.17, 15) is 15.0 Å². The molecule has 5 N–H and O–H groups in total. The molecule has 1 rings (SSSR count). The quantitative estimate of drug-likeness (QED) is 0.302. The van der Waals surface area contributed by atoms with Crippen molar-refractivity contribution in [2.75, 3.05) is 6.61 Å². The van der Waals surface area contributed by atoms with Crippen LogP contribution in [0.5, 0.6) is 0 Å². The van der Waals surface area contributed by atoms with Crippen molar-refractivity contribution in [3.05, 3.63) is 0 Å². The monoisotopic (exact) mass is 208 g/mol. The first kappa shape index (κ1) is 11.3. The molecular weight excluding hydrogens is 196 g/mol. The maximum absolute atomic E-state index is 10.7. The summed E-state index contributed by atoms with van der Waals surface area (Å²) in [7, 11) is 0. The summed E-state index contributed by atoms with van der Waals surface area (Å²) in [6.45, 7) is -0.738. The van der Waals surface area contributed by atoms with Gasteiger partial charge in [-0.1, -0.05) is 0 Å². The van der Waals surface area contributed by atoms with Gasteiger partial charge in [0.15, 0.2) is 12.2 Å². The molecule has 1 fully saturated rings. The van der Waals surface area contributed by atoms with Crippen molar-refractivity contribution in [1.29, 1.82) is 0 Å². The van der Waals surface area contributed by atoms with Crippen LogP contribution in [0.2, 0.25) is 0 Å². The molecule has 0 aromatic carbocycles. The minimum Gasteiger partial charge on any atom is -0.455 e. The van der Waals surface area contributed by atoms with E-state index in [-0.39, 0.29) is 0 Å². The normalized spacial score (nSPS) is 36.6. The van der Waals surface area contributed by atoms with E-state index < -0.39 is 43.1 Å². The van der Waals surface area contributed by atoms with E-state index in [1.54, 1.807) is 0 Å². The van der Waals surface area contributed by atoms with Crippen molar-refractivity contribution in [3.8, 4) is 0 Å². The highest BCUT2D eigenvalue weighted by Crippen LogP contribution is 2.20. The van der Waals surface area contributed by atoms with Crippen LogP contribution >= 0.6 is 0 Å². The number of hydrogen-bond donors (Lipinski definition) is 5. The zero-order valence-electron chi connectivity index (χ0n) is 7.15. The number of esters is 1. The summed E-state index contributed by atoms with van der Waals surface area (Å²) in [5.41, 5.74) is 0. The number of rotatable bonds is 3. The molecule has 0 bridgehead atoms. The van der Waals surface area contributed by atoms with Crippen LogP contribution in [0.4, 0.5) is 0 Å². The summed E-state index contributed by atoms with van der Waals surface area (Å²) in [5.74, 6) is -1.06. The first-order valence-corrected chi connectivity index (χ1v) is 4.02. The summed E-state index contributed by atoms with van der Waals surface area (Å²) in [6, 6.07) is 0. The molecule has 1 aliphatic heterocycles. The number of ether oxygens (including phenoxy) is 1. The summed E-state index contributed by atoms with van der Waals surface area (Å²) in [4.78, 5) is 10.7. The molecule has 0 amide bonds. The third-order valence-electron chi connectivity index (χ3n) is 2.07. The first-order valence-electron chi connectivity index (χ1n) is 4.02. The van der Waals surface area contributed by atoms with Crippen LogP contribution in [0.15, 0.2) is 0 Å². The Balaban J connectivity index is 2.66. The molecule has 0 spiro atoms. The average molecular weight is 208 g/mol. The van der Waals surface area contributed by atoms with Crippen LogP contribution in [0.1, 0.15) is 0 Å². The molecule has 14 heavy (non-hydrogen) atoms. The Morgan fingerprint density at radius 1 is 1.36 bits per heavy atom. The second kappa shape index (κ2) is 4.20. The number of cyclic esters (lactones) is 1. The molecule has 7 nitrogen and oxygen atoms in total. The van der Waals surface area contributed by atoms with Gasteiger partial charge in [0.25, 0.3) is 0 Å². The van der Waals surface area contributed by atoms with Gasteiger partial charge in [-0.2, -0.15) is 0 Å².